The van der Waals surface area contributed by atoms with Crippen LogP contribution < -0.4 is 5.32 Å². The molecular weight excluding hydrogens is 319 g/mol. The van der Waals surface area contributed by atoms with Gasteiger partial charge in [0.1, 0.15) is 11.9 Å². The molecule has 23 heavy (non-hydrogen) atoms. The maximum atomic E-state index is 13.0. The third-order valence-electron chi connectivity index (χ3n) is 4.84. The molecule has 1 amide bonds. The highest BCUT2D eigenvalue weighted by Gasteiger charge is 2.45. The second-order valence-electron chi connectivity index (χ2n) is 6.54. The van der Waals surface area contributed by atoms with Gasteiger partial charge in [-0.25, -0.2) is 12.8 Å². The van der Waals surface area contributed by atoms with Crippen LogP contribution in [0.5, 0.6) is 0 Å². The Kier molecular flexibility index (Phi) is 4.18. The number of hydrogen-bond donors (Lipinski definition) is 1. The van der Waals surface area contributed by atoms with Crippen molar-refractivity contribution in [1.82, 2.24) is 9.62 Å². The number of rotatable bonds is 5. The molecule has 1 atom stereocenters. The Morgan fingerprint density at radius 1 is 1.35 bits per heavy atom. The van der Waals surface area contributed by atoms with E-state index in [2.05, 4.69) is 5.32 Å². The van der Waals surface area contributed by atoms with Crippen molar-refractivity contribution in [2.45, 2.75) is 37.1 Å². The minimum absolute atomic E-state index is 0.127. The van der Waals surface area contributed by atoms with E-state index in [1.54, 1.807) is 12.1 Å². The lowest BCUT2D eigenvalue weighted by Crippen LogP contribution is -2.47. The van der Waals surface area contributed by atoms with Crippen molar-refractivity contribution in [3.05, 3.63) is 35.6 Å². The highest BCUT2D eigenvalue weighted by atomic mass is 32.2. The average Bonchev–Trinajstić information content (AvgIpc) is 3.10. The summed E-state index contributed by atoms with van der Waals surface area (Å²) in [5.41, 5.74) is 0.892. The first-order valence-corrected chi connectivity index (χ1v) is 9.67. The molecule has 0 unspecified atom stereocenters. The molecule has 5 nitrogen and oxygen atoms in total. The molecule has 0 radical (unpaired) electrons. The van der Waals surface area contributed by atoms with Crippen LogP contribution in [0, 0.1) is 5.82 Å². The summed E-state index contributed by atoms with van der Waals surface area (Å²) in [7, 11) is -3.36. The van der Waals surface area contributed by atoms with Crippen LogP contribution in [0.3, 0.4) is 0 Å². The second-order valence-corrected chi connectivity index (χ2v) is 8.47. The van der Waals surface area contributed by atoms with Crippen molar-refractivity contribution in [2.75, 3.05) is 19.3 Å². The van der Waals surface area contributed by atoms with E-state index in [4.69, 9.17) is 0 Å². The van der Waals surface area contributed by atoms with Crippen LogP contribution >= 0.6 is 0 Å². The van der Waals surface area contributed by atoms with E-state index in [0.29, 0.717) is 25.9 Å². The summed E-state index contributed by atoms with van der Waals surface area (Å²) >= 11 is 0. The quantitative estimate of drug-likeness (QED) is 0.881. The summed E-state index contributed by atoms with van der Waals surface area (Å²) in [6.45, 7) is 0.867. The van der Waals surface area contributed by atoms with Gasteiger partial charge in [-0.1, -0.05) is 12.1 Å². The largest absolute Gasteiger partial charge is 0.354 e. The van der Waals surface area contributed by atoms with Gasteiger partial charge >= 0.3 is 0 Å². The van der Waals surface area contributed by atoms with Crippen LogP contribution in [0.15, 0.2) is 24.3 Å². The number of halogens is 1. The number of hydrogen-bond acceptors (Lipinski definition) is 3. The topological polar surface area (TPSA) is 66.5 Å². The predicted octanol–water partition coefficient (Wildman–Crippen LogP) is 1.40. The molecule has 1 aliphatic carbocycles. The Labute approximate surface area is 135 Å². The Hall–Kier alpha value is -1.47. The van der Waals surface area contributed by atoms with E-state index < -0.39 is 16.1 Å². The molecule has 0 spiro atoms. The van der Waals surface area contributed by atoms with E-state index in [-0.39, 0.29) is 17.1 Å². The third kappa shape index (κ3) is 3.40. The molecule has 0 aromatic heterocycles. The van der Waals surface area contributed by atoms with Crippen LogP contribution in [0.4, 0.5) is 4.39 Å². The summed E-state index contributed by atoms with van der Waals surface area (Å²) < 4.78 is 37.8. The number of carbonyl (C=O) groups is 1. The van der Waals surface area contributed by atoms with Crippen molar-refractivity contribution >= 4 is 15.9 Å². The van der Waals surface area contributed by atoms with Crippen molar-refractivity contribution in [3.8, 4) is 0 Å². The monoisotopic (exact) mass is 340 g/mol. The number of benzene rings is 1. The fourth-order valence-electron chi connectivity index (χ4n) is 3.30. The van der Waals surface area contributed by atoms with Crippen molar-refractivity contribution < 1.29 is 17.6 Å². The summed E-state index contributed by atoms with van der Waals surface area (Å²) in [5.74, 6) is -0.510. The second kappa shape index (κ2) is 5.87. The molecule has 0 bridgehead atoms. The van der Waals surface area contributed by atoms with Crippen LogP contribution in [0.25, 0.3) is 0 Å². The first-order valence-electron chi connectivity index (χ1n) is 7.82. The smallest absolute Gasteiger partial charge is 0.238 e. The van der Waals surface area contributed by atoms with Gasteiger partial charge in [-0.15, -0.1) is 0 Å². The first-order chi connectivity index (χ1) is 10.8. The van der Waals surface area contributed by atoms with E-state index >= 15 is 0 Å². The Bertz CT molecular complexity index is 699. The van der Waals surface area contributed by atoms with Crippen molar-refractivity contribution in [2.24, 2.45) is 0 Å². The van der Waals surface area contributed by atoms with Gasteiger partial charge in [0.15, 0.2) is 0 Å². The number of amides is 1. The molecule has 1 N–H and O–H groups in total. The zero-order chi connectivity index (χ0) is 16.7. The van der Waals surface area contributed by atoms with E-state index in [1.807, 2.05) is 0 Å². The average molecular weight is 340 g/mol. The molecule has 126 valence electrons. The molecule has 1 aromatic carbocycles. The van der Waals surface area contributed by atoms with Crippen molar-refractivity contribution in [1.29, 1.82) is 0 Å². The molecule has 1 heterocycles. The first kappa shape index (κ1) is 16.4. The minimum atomic E-state index is -3.36. The lowest BCUT2D eigenvalue weighted by atomic mass is 9.96. The third-order valence-corrected chi connectivity index (χ3v) is 6.13. The maximum Gasteiger partial charge on any atom is 0.238 e. The van der Waals surface area contributed by atoms with Gasteiger partial charge in [0.2, 0.25) is 15.9 Å². The van der Waals surface area contributed by atoms with Gasteiger partial charge in [0, 0.05) is 18.5 Å². The maximum absolute atomic E-state index is 13.0. The number of nitrogens with zero attached hydrogens (tertiary/aromatic N) is 1. The minimum Gasteiger partial charge on any atom is -0.354 e. The van der Waals surface area contributed by atoms with Gasteiger partial charge in [-0.3, -0.25) is 4.79 Å². The molecule has 7 heteroatoms. The van der Waals surface area contributed by atoms with Crippen molar-refractivity contribution in [3.63, 3.8) is 0 Å². The van der Waals surface area contributed by atoms with Gasteiger partial charge in [-0.2, -0.15) is 4.31 Å². The molecule has 2 fully saturated rings. The normalized spacial score (nSPS) is 23.7. The lowest BCUT2D eigenvalue weighted by molar-refractivity contribution is -0.124. The summed E-state index contributed by atoms with van der Waals surface area (Å²) in [5, 5.41) is 2.90. The van der Waals surface area contributed by atoms with Crippen LogP contribution in [0.1, 0.15) is 31.2 Å². The summed E-state index contributed by atoms with van der Waals surface area (Å²) in [6.07, 6.45) is 4.29. The molecule has 1 saturated heterocycles. The van der Waals surface area contributed by atoms with Gasteiger partial charge in [-0.05, 0) is 43.4 Å². The highest BCUT2D eigenvalue weighted by molar-refractivity contribution is 7.88. The lowest BCUT2D eigenvalue weighted by Gasteiger charge is -2.23. The van der Waals surface area contributed by atoms with Gasteiger partial charge < -0.3 is 5.32 Å². The molecular formula is C16H21FN2O3S. The van der Waals surface area contributed by atoms with E-state index in [1.165, 1.54) is 16.4 Å². The highest BCUT2D eigenvalue weighted by Crippen LogP contribution is 2.47. The number of sulfonamides is 1. The molecule has 1 aliphatic heterocycles. The summed E-state index contributed by atoms with van der Waals surface area (Å²) in [6, 6.07) is 5.77. The molecule has 2 aliphatic rings. The molecule has 1 aromatic rings. The summed E-state index contributed by atoms with van der Waals surface area (Å²) in [4.78, 5) is 12.4. The van der Waals surface area contributed by atoms with Gasteiger partial charge in [0.25, 0.3) is 0 Å². The fourth-order valence-corrected chi connectivity index (χ4v) is 4.42. The predicted molar refractivity (Wildman–Crippen MR) is 84.9 cm³/mol. The van der Waals surface area contributed by atoms with Crippen LogP contribution in [-0.4, -0.2) is 44.0 Å². The van der Waals surface area contributed by atoms with Crippen LogP contribution in [0.2, 0.25) is 0 Å². The zero-order valence-electron chi connectivity index (χ0n) is 13.1. The molecule has 3 rings (SSSR count). The van der Waals surface area contributed by atoms with Gasteiger partial charge in [0.05, 0.1) is 6.26 Å². The Balaban J connectivity index is 1.64. The SMILES string of the molecule is CS(=O)(=O)N1CCC[C@@H]1C(=O)NCC1(c2ccc(F)cc2)CC1. The van der Waals surface area contributed by atoms with Crippen LogP contribution in [-0.2, 0) is 20.2 Å². The Morgan fingerprint density at radius 2 is 2.00 bits per heavy atom. The van der Waals surface area contributed by atoms with E-state index in [9.17, 15) is 17.6 Å². The zero-order valence-corrected chi connectivity index (χ0v) is 13.9. The number of nitrogens with one attached hydrogen (secondary N) is 1. The Morgan fingerprint density at radius 3 is 2.57 bits per heavy atom. The number of carbonyl (C=O) groups excluding carboxylic acids is 1. The standard InChI is InChI=1S/C16H21FN2O3S/c1-23(21,22)19-10-2-3-14(19)15(20)18-11-16(8-9-16)12-4-6-13(17)7-5-12/h4-7,14H,2-3,8-11H2,1H3,(H,18,20)/t14-/m1/s1. The molecule has 1 saturated carbocycles. The fraction of sp³-hybridized carbons (Fsp3) is 0.562. The van der Waals surface area contributed by atoms with E-state index in [0.717, 1.165) is 24.7 Å².